The second kappa shape index (κ2) is 7.19. The third-order valence-electron chi connectivity index (χ3n) is 5.17. The number of nitrogens with zero attached hydrogens (tertiary/aromatic N) is 2. The molecule has 0 amide bonds. The van der Waals surface area contributed by atoms with Crippen LogP contribution in [0.4, 0.5) is 0 Å². The van der Waals surface area contributed by atoms with Crippen LogP contribution in [0.15, 0.2) is 59.4 Å². The molecule has 1 aromatic heterocycles. The minimum Gasteiger partial charge on any atom is -0.333 e. The van der Waals surface area contributed by atoms with Crippen molar-refractivity contribution >= 4 is 10.8 Å². The SMILES string of the molecule is O=c1ccc(-c2cccc3ccccc23)nn1CC[NH+]1CCCCC1. The van der Waals surface area contributed by atoms with Gasteiger partial charge in [0.1, 0.15) is 0 Å². The van der Waals surface area contributed by atoms with Crippen LogP contribution in [0.2, 0.25) is 0 Å². The first-order valence-corrected chi connectivity index (χ1v) is 9.21. The highest BCUT2D eigenvalue weighted by Crippen LogP contribution is 2.26. The van der Waals surface area contributed by atoms with Crippen LogP contribution in [0.25, 0.3) is 22.0 Å². The molecule has 2 heterocycles. The van der Waals surface area contributed by atoms with Crippen molar-refractivity contribution in [2.24, 2.45) is 0 Å². The van der Waals surface area contributed by atoms with Crippen molar-refractivity contribution < 1.29 is 4.90 Å². The monoisotopic (exact) mass is 334 g/mol. The molecule has 25 heavy (non-hydrogen) atoms. The molecule has 1 aliphatic rings. The fourth-order valence-electron chi connectivity index (χ4n) is 3.77. The topological polar surface area (TPSA) is 39.3 Å². The Morgan fingerprint density at radius 2 is 1.72 bits per heavy atom. The van der Waals surface area contributed by atoms with Gasteiger partial charge in [0.2, 0.25) is 0 Å². The van der Waals surface area contributed by atoms with E-state index >= 15 is 0 Å². The number of nitrogens with one attached hydrogen (secondary N) is 1. The average molecular weight is 334 g/mol. The van der Waals surface area contributed by atoms with Crippen LogP contribution in [0, 0.1) is 0 Å². The largest absolute Gasteiger partial charge is 0.333 e. The van der Waals surface area contributed by atoms with Crippen molar-refractivity contribution in [2.45, 2.75) is 25.8 Å². The van der Waals surface area contributed by atoms with Crippen molar-refractivity contribution in [3.8, 4) is 11.3 Å². The zero-order chi connectivity index (χ0) is 17.1. The van der Waals surface area contributed by atoms with Gasteiger partial charge in [0, 0.05) is 11.6 Å². The number of hydrogen-bond acceptors (Lipinski definition) is 2. The van der Waals surface area contributed by atoms with E-state index in [-0.39, 0.29) is 5.56 Å². The van der Waals surface area contributed by atoms with E-state index in [9.17, 15) is 4.79 Å². The Bertz CT molecular complexity index is 920. The molecule has 0 atom stereocenters. The Balaban J connectivity index is 1.63. The third kappa shape index (κ3) is 3.49. The molecule has 128 valence electrons. The van der Waals surface area contributed by atoms with Gasteiger partial charge < -0.3 is 4.90 Å². The average Bonchev–Trinajstić information content (AvgIpc) is 2.68. The zero-order valence-electron chi connectivity index (χ0n) is 14.4. The van der Waals surface area contributed by atoms with Gasteiger partial charge in [-0.25, -0.2) is 4.68 Å². The first-order chi connectivity index (χ1) is 12.3. The molecule has 1 N–H and O–H groups in total. The quantitative estimate of drug-likeness (QED) is 0.794. The predicted molar refractivity (Wildman–Crippen MR) is 101 cm³/mol. The van der Waals surface area contributed by atoms with E-state index < -0.39 is 0 Å². The predicted octanol–water partition coefficient (Wildman–Crippen LogP) is 2.13. The summed E-state index contributed by atoms with van der Waals surface area (Å²) < 4.78 is 1.64. The van der Waals surface area contributed by atoms with Gasteiger partial charge in [0.25, 0.3) is 5.56 Å². The van der Waals surface area contributed by atoms with Crippen molar-refractivity contribution in [1.29, 1.82) is 0 Å². The fourth-order valence-corrected chi connectivity index (χ4v) is 3.77. The molecule has 0 saturated carbocycles. The lowest BCUT2D eigenvalue weighted by Crippen LogP contribution is -3.13. The van der Waals surface area contributed by atoms with Gasteiger partial charge in [-0.15, -0.1) is 0 Å². The molecule has 4 rings (SSSR count). The Labute approximate surface area is 147 Å². The molecule has 4 nitrogen and oxygen atoms in total. The van der Waals surface area contributed by atoms with Gasteiger partial charge in [0.05, 0.1) is 31.9 Å². The summed E-state index contributed by atoms with van der Waals surface area (Å²) in [5, 5.41) is 7.03. The molecule has 1 saturated heterocycles. The van der Waals surface area contributed by atoms with Crippen LogP contribution in [-0.4, -0.2) is 29.4 Å². The number of hydrogen-bond donors (Lipinski definition) is 1. The van der Waals surface area contributed by atoms with Crippen LogP contribution < -0.4 is 10.5 Å². The maximum absolute atomic E-state index is 12.2. The normalized spacial score (nSPS) is 15.5. The Morgan fingerprint density at radius 3 is 2.60 bits per heavy atom. The number of benzene rings is 2. The smallest absolute Gasteiger partial charge is 0.266 e. The van der Waals surface area contributed by atoms with Crippen LogP contribution in [0.5, 0.6) is 0 Å². The summed E-state index contributed by atoms with van der Waals surface area (Å²) in [7, 11) is 0. The molecule has 1 aliphatic heterocycles. The molecule has 0 unspecified atom stereocenters. The summed E-state index contributed by atoms with van der Waals surface area (Å²) in [5.41, 5.74) is 1.93. The summed E-state index contributed by atoms with van der Waals surface area (Å²) in [6, 6.07) is 18.0. The van der Waals surface area contributed by atoms with Crippen LogP contribution in [0.3, 0.4) is 0 Å². The maximum atomic E-state index is 12.2. The highest BCUT2D eigenvalue weighted by molar-refractivity contribution is 5.95. The lowest BCUT2D eigenvalue weighted by Gasteiger charge is -2.23. The van der Waals surface area contributed by atoms with Gasteiger partial charge in [0.15, 0.2) is 0 Å². The van der Waals surface area contributed by atoms with E-state index in [0.29, 0.717) is 6.54 Å². The Kier molecular flexibility index (Phi) is 4.61. The highest BCUT2D eigenvalue weighted by Gasteiger charge is 2.14. The minimum absolute atomic E-state index is 0.0135. The maximum Gasteiger partial charge on any atom is 0.266 e. The van der Waals surface area contributed by atoms with Crippen molar-refractivity contribution in [3.05, 3.63) is 65.0 Å². The van der Waals surface area contributed by atoms with E-state index in [1.54, 1.807) is 15.6 Å². The Morgan fingerprint density at radius 1 is 0.920 bits per heavy atom. The first kappa shape index (κ1) is 16.0. The molecule has 0 radical (unpaired) electrons. The number of piperidine rings is 1. The second-order valence-corrected chi connectivity index (χ2v) is 6.87. The summed E-state index contributed by atoms with van der Waals surface area (Å²) >= 11 is 0. The zero-order valence-corrected chi connectivity index (χ0v) is 14.4. The molecule has 2 aromatic carbocycles. The number of aromatic nitrogens is 2. The summed E-state index contributed by atoms with van der Waals surface area (Å²) in [5.74, 6) is 0. The van der Waals surface area contributed by atoms with E-state index in [4.69, 9.17) is 0 Å². The number of fused-ring (bicyclic) bond motifs is 1. The lowest BCUT2D eigenvalue weighted by molar-refractivity contribution is -0.905. The van der Waals surface area contributed by atoms with Crippen molar-refractivity contribution in [3.63, 3.8) is 0 Å². The van der Waals surface area contributed by atoms with Crippen LogP contribution in [-0.2, 0) is 6.54 Å². The number of rotatable bonds is 4. The molecule has 0 aliphatic carbocycles. The number of quaternary nitrogens is 1. The number of likely N-dealkylation sites (tertiary alicyclic amines) is 1. The summed E-state index contributed by atoms with van der Waals surface area (Å²) in [4.78, 5) is 13.8. The van der Waals surface area contributed by atoms with Crippen LogP contribution in [0.1, 0.15) is 19.3 Å². The molecule has 4 heteroatoms. The fraction of sp³-hybridized carbons (Fsp3) is 0.333. The first-order valence-electron chi connectivity index (χ1n) is 9.21. The molecular weight excluding hydrogens is 310 g/mol. The van der Waals surface area contributed by atoms with Crippen molar-refractivity contribution in [1.82, 2.24) is 9.78 Å². The summed E-state index contributed by atoms with van der Waals surface area (Å²) in [6.07, 6.45) is 3.94. The Hall–Kier alpha value is -2.46. The van der Waals surface area contributed by atoms with Crippen LogP contribution >= 0.6 is 0 Å². The molecule has 3 aromatic rings. The van der Waals surface area contributed by atoms with Gasteiger partial charge in [-0.05, 0) is 36.1 Å². The molecule has 0 spiro atoms. The lowest BCUT2D eigenvalue weighted by atomic mass is 10.0. The van der Waals surface area contributed by atoms with E-state index in [2.05, 4.69) is 29.4 Å². The van der Waals surface area contributed by atoms with Crippen molar-refractivity contribution in [2.75, 3.05) is 19.6 Å². The standard InChI is InChI=1S/C21H23N3O/c25-21-12-11-20(19-10-6-8-17-7-2-3-9-18(17)19)22-24(21)16-15-23-13-4-1-5-14-23/h2-3,6-12H,1,4-5,13-16H2/p+1. The summed E-state index contributed by atoms with van der Waals surface area (Å²) in [6.45, 7) is 4.11. The van der Waals surface area contributed by atoms with E-state index in [0.717, 1.165) is 17.8 Å². The van der Waals surface area contributed by atoms with Gasteiger partial charge in [-0.1, -0.05) is 42.5 Å². The molecule has 0 bridgehead atoms. The van der Waals surface area contributed by atoms with E-state index in [1.807, 2.05) is 24.3 Å². The second-order valence-electron chi connectivity index (χ2n) is 6.87. The highest BCUT2D eigenvalue weighted by atomic mass is 16.1. The van der Waals surface area contributed by atoms with Gasteiger partial charge in [-0.3, -0.25) is 4.79 Å². The molecule has 1 fully saturated rings. The van der Waals surface area contributed by atoms with Gasteiger partial charge in [-0.2, -0.15) is 5.10 Å². The molecular formula is C21H24N3O+. The van der Waals surface area contributed by atoms with E-state index in [1.165, 1.54) is 43.1 Å². The minimum atomic E-state index is -0.0135. The van der Waals surface area contributed by atoms with Gasteiger partial charge >= 0.3 is 0 Å². The third-order valence-corrected chi connectivity index (χ3v) is 5.17.